The summed E-state index contributed by atoms with van der Waals surface area (Å²) in [5, 5.41) is 18.4. The maximum absolute atomic E-state index is 9.70. The third kappa shape index (κ3) is 18.2. The summed E-state index contributed by atoms with van der Waals surface area (Å²) in [5.41, 5.74) is 0. The zero-order chi connectivity index (χ0) is 14.3. The summed E-state index contributed by atoms with van der Waals surface area (Å²) in [7, 11) is 4.01. The van der Waals surface area contributed by atoms with E-state index in [4.69, 9.17) is 5.11 Å². The summed E-state index contributed by atoms with van der Waals surface area (Å²) in [5.74, 6) is 0. The first kappa shape index (κ1) is 22.5. The number of likely N-dealkylation sites (N-methyl/N-ethyl adjacent to an activating group) is 1. The van der Waals surface area contributed by atoms with Crippen LogP contribution in [-0.2, 0) is 0 Å². The molecule has 0 saturated carbocycles. The number of aliphatic hydroxyl groups is 2. The van der Waals surface area contributed by atoms with Gasteiger partial charge in [-0.3, -0.25) is 0 Å². The van der Waals surface area contributed by atoms with E-state index in [2.05, 4.69) is 0 Å². The zero-order valence-electron chi connectivity index (χ0n) is 13.5. The Labute approximate surface area is 132 Å². The van der Waals surface area contributed by atoms with E-state index in [1.165, 1.54) is 51.4 Å². The Balaban J connectivity index is 0. The highest BCUT2D eigenvalue weighted by molar-refractivity contribution is 5.85. The van der Waals surface area contributed by atoms with Gasteiger partial charge in [-0.2, -0.15) is 0 Å². The molecule has 0 aromatic carbocycles. The minimum absolute atomic E-state index is 0. The number of rotatable bonds is 14. The highest BCUT2D eigenvalue weighted by Gasteiger charge is 2.04. The third-order valence-corrected chi connectivity index (χ3v) is 3.52. The Morgan fingerprint density at radius 2 is 1.15 bits per heavy atom. The van der Waals surface area contributed by atoms with Crippen LogP contribution in [-0.4, -0.2) is 48.5 Å². The second kappa shape index (κ2) is 17.2. The molecule has 0 aliphatic carbocycles. The van der Waals surface area contributed by atoms with Crippen LogP contribution in [0.2, 0.25) is 0 Å². The molecular formula is C16H36ClNO2. The monoisotopic (exact) mass is 309 g/mol. The Kier molecular flexibility index (Phi) is 19.3. The Morgan fingerprint density at radius 1 is 0.750 bits per heavy atom. The molecular weight excluding hydrogens is 274 g/mol. The summed E-state index contributed by atoms with van der Waals surface area (Å²) in [6.07, 6.45) is 13.3. The van der Waals surface area contributed by atoms with E-state index in [1.807, 2.05) is 19.0 Å². The highest BCUT2D eigenvalue weighted by atomic mass is 35.5. The van der Waals surface area contributed by atoms with Crippen LogP contribution >= 0.6 is 12.4 Å². The molecule has 1 unspecified atom stereocenters. The van der Waals surface area contributed by atoms with Gasteiger partial charge in [-0.05, 0) is 26.9 Å². The fraction of sp³-hybridized carbons (Fsp3) is 1.00. The maximum atomic E-state index is 9.70. The predicted molar refractivity (Wildman–Crippen MR) is 89.7 cm³/mol. The van der Waals surface area contributed by atoms with E-state index < -0.39 is 0 Å². The molecule has 124 valence electrons. The van der Waals surface area contributed by atoms with Gasteiger partial charge in [0.05, 0.1) is 6.10 Å². The molecule has 0 heterocycles. The number of hydrogen-bond acceptors (Lipinski definition) is 3. The Hall–Kier alpha value is 0.170. The first-order chi connectivity index (χ1) is 9.16. The van der Waals surface area contributed by atoms with Crippen LogP contribution < -0.4 is 0 Å². The van der Waals surface area contributed by atoms with Gasteiger partial charge in [-0.15, -0.1) is 12.4 Å². The summed E-state index contributed by atoms with van der Waals surface area (Å²) >= 11 is 0. The van der Waals surface area contributed by atoms with Crippen molar-refractivity contribution in [3.8, 4) is 0 Å². The molecule has 20 heavy (non-hydrogen) atoms. The molecule has 0 aromatic heterocycles. The quantitative estimate of drug-likeness (QED) is 0.482. The number of aliphatic hydroxyl groups excluding tert-OH is 2. The fourth-order valence-corrected chi connectivity index (χ4v) is 2.42. The van der Waals surface area contributed by atoms with Gasteiger partial charge in [0.25, 0.3) is 0 Å². The molecule has 0 aliphatic heterocycles. The van der Waals surface area contributed by atoms with E-state index in [0.29, 0.717) is 6.61 Å². The van der Waals surface area contributed by atoms with Crippen LogP contribution in [0.5, 0.6) is 0 Å². The smallest absolute Gasteiger partial charge is 0.0666 e. The van der Waals surface area contributed by atoms with Crippen molar-refractivity contribution in [2.75, 3.05) is 27.2 Å². The molecule has 0 saturated heterocycles. The van der Waals surface area contributed by atoms with Crippen LogP contribution in [0.25, 0.3) is 0 Å². The van der Waals surface area contributed by atoms with E-state index in [0.717, 1.165) is 25.8 Å². The summed E-state index contributed by atoms with van der Waals surface area (Å²) in [4.78, 5) is 2.04. The molecule has 0 aliphatic rings. The van der Waals surface area contributed by atoms with Crippen LogP contribution in [0.3, 0.4) is 0 Å². The lowest BCUT2D eigenvalue weighted by molar-refractivity contribution is 0.125. The van der Waals surface area contributed by atoms with Crippen LogP contribution in [0, 0.1) is 0 Å². The molecule has 0 spiro atoms. The lowest BCUT2D eigenvalue weighted by atomic mass is 10.0. The van der Waals surface area contributed by atoms with Crippen LogP contribution in [0.1, 0.15) is 70.6 Å². The molecule has 0 radical (unpaired) electrons. The number of unbranched alkanes of at least 4 members (excludes halogenated alkanes) is 9. The predicted octanol–water partition coefficient (Wildman–Crippen LogP) is 3.61. The molecule has 0 fully saturated rings. The highest BCUT2D eigenvalue weighted by Crippen LogP contribution is 2.12. The van der Waals surface area contributed by atoms with Gasteiger partial charge in [0.15, 0.2) is 0 Å². The van der Waals surface area contributed by atoms with Crippen LogP contribution in [0.4, 0.5) is 0 Å². The van der Waals surface area contributed by atoms with Crippen molar-refractivity contribution < 1.29 is 10.2 Å². The summed E-state index contributed by atoms with van der Waals surface area (Å²) < 4.78 is 0. The Bertz CT molecular complexity index is 180. The van der Waals surface area contributed by atoms with Gasteiger partial charge in [0.1, 0.15) is 0 Å². The van der Waals surface area contributed by atoms with Crippen molar-refractivity contribution in [3.63, 3.8) is 0 Å². The van der Waals surface area contributed by atoms with E-state index in [-0.39, 0.29) is 18.5 Å². The molecule has 0 rings (SSSR count). The molecule has 2 N–H and O–H groups in total. The number of nitrogens with zero attached hydrogens (tertiary/aromatic N) is 1. The van der Waals surface area contributed by atoms with Gasteiger partial charge < -0.3 is 15.1 Å². The average molecular weight is 310 g/mol. The van der Waals surface area contributed by atoms with E-state index in [1.54, 1.807) is 0 Å². The zero-order valence-corrected chi connectivity index (χ0v) is 14.3. The van der Waals surface area contributed by atoms with Gasteiger partial charge in [-0.25, -0.2) is 0 Å². The molecule has 0 aromatic rings. The van der Waals surface area contributed by atoms with Crippen molar-refractivity contribution in [3.05, 3.63) is 0 Å². The topological polar surface area (TPSA) is 43.7 Å². The first-order valence-electron chi connectivity index (χ1n) is 8.10. The van der Waals surface area contributed by atoms with E-state index in [9.17, 15) is 5.11 Å². The van der Waals surface area contributed by atoms with Gasteiger partial charge >= 0.3 is 0 Å². The van der Waals surface area contributed by atoms with Crippen molar-refractivity contribution in [2.45, 2.75) is 76.7 Å². The van der Waals surface area contributed by atoms with Gasteiger partial charge in [-0.1, -0.05) is 57.8 Å². The summed E-state index contributed by atoms with van der Waals surface area (Å²) in [6.45, 7) is 1.13. The van der Waals surface area contributed by atoms with Crippen molar-refractivity contribution in [1.82, 2.24) is 4.90 Å². The molecule has 0 bridgehead atoms. The minimum atomic E-state index is -0.151. The number of halogens is 1. The molecule has 4 heteroatoms. The average Bonchev–Trinajstić information content (AvgIpc) is 2.35. The SMILES string of the molecule is CN(C)CC(O)CCCCCCCCCCCCO.Cl. The normalized spacial score (nSPS) is 12.4. The van der Waals surface area contributed by atoms with Gasteiger partial charge in [0, 0.05) is 13.2 Å². The van der Waals surface area contributed by atoms with Gasteiger partial charge in [0.2, 0.25) is 0 Å². The molecule has 3 nitrogen and oxygen atoms in total. The van der Waals surface area contributed by atoms with Crippen LogP contribution in [0.15, 0.2) is 0 Å². The lowest BCUT2D eigenvalue weighted by Crippen LogP contribution is -2.25. The van der Waals surface area contributed by atoms with Crippen molar-refractivity contribution in [1.29, 1.82) is 0 Å². The molecule has 0 amide bonds. The third-order valence-electron chi connectivity index (χ3n) is 3.52. The standard InChI is InChI=1S/C16H35NO2.ClH/c1-17(2)15-16(19)13-11-9-7-5-3-4-6-8-10-12-14-18;/h16,18-19H,3-15H2,1-2H3;1H. The number of hydrogen-bond donors (Lipinski definition) is 2. The summed E-state index contributed by atoms with van der Waals surface area (Å²) in [6, 6.07) is 0. The first-order valence-corrected chi connectivity index (χ1v) is 8.10. The lowest BCUT2D eigenvalue weighted by Gasteiger charge is -2.15. The second-order valence-corrected chi connectivity index (χ2v) is 5.96. The second-order valence-electron chi connectivity index (χ2n) is 5.96. The largest absolute Gasteiger partial charge is 0.396 e. The Morgan fingerprint density at radius 3 is 1.55 bits per heavy atom. The van der Waals surface area contributed by atoms with E-state index >= 15 is 0 Å². The fourth-order valence-electron chi connectivity index (χ4n) is 2.42. The molecule has 1 atom stereocenters. The maximum Gasteiger partial charge on any atom is 0.0666 e. The minimum Gasteiger partial charge on any atom is -0.396 e. The van der Waals surface area contributed by atoms with Crippen molar-refractivity contribution >= 4 is 12.4 Å². The van der Waals surface area contributed by atoms with Crippen molar-refractivity contribution in [2.24, 2.45) is 0 Å².